The molecule has 0 amide bonds. The normalized spacial score (nSPS) is 20.7. The number of aromatic hydroxyl groups is 1. The van der Waals surface area contributed by atoms with Crippen molar-refractivity contribution in [2.45, 2.75) is 25.7 Å². The molecule has 2 N–H and O–H groups in total. The van der Waals surface area contributed by atoms with Crippen LogP contribution in [0, 0.1) is 18.2 Å². The molecule has 1 aliphatic rings. The molecule has 1 saturated carbocycles. The maximum absolute atomic E-state index is 13.6. The molecule has 0 aliphatic heterocycles. The van der Waals surface area contributed by atoms with Gasteiger partial charge in [0.2, 0.25) is 0 Å². The fourth-order valence-corrected chi connectivity index (χ4v) is 4.00. The highest BCUT2D eigenvalue weighted by molar-refractivity contribution is 5.81. The minimum atomic E-state index is -0.808. The Kier molecular flexibility index (Phi) is 4.42. The number of hydrogen-bond acceptors (Lipinski definition) is 2. The molecular weight excluding hydrogens is 355 g/mol. The van der Waals surface area contributed by atoms with Crippen molar-refractivity contribution in [2.75, 3.05) is 0 Å². The van der Waals surface area contributed by atoms with Gasteiger partial charge in [0.15, 0.2) is 0 Å². The predicted octanol–water partition coefficient (Wildman–Crippen LogP) is 5.31. The van der Waals surface area contributed by atoms with Crippen molar-refractivity contribution in [2.24, 2.45) is 5.41 Å². The van der Waals surface area contributed by atoms with Crippen LogP contribution < -0.4 is 0 Å². The van der Waals surface area contributed by atoms with Gasteiger partial charge in [-0.05, 0) is 54.2 Å². The number of aryl methyl sites for hydroxylation is 1. The highest BCUT2D eigenvalue weighted by atomic mass is 19.1. The Morgan fingerprint density at radius 1 is 1.07 bits per heavy atom. The smallest absolute Gasteiger partial charge is 0.310 e. The Hall–Kier alpha value is -3.14. The number of phenolic OH excluding ortho intramolecular Hbond substituents is 1. The van der Waals surface area contributed by atoms with Crippen molar-refractivity contribution in [1.29, 1.82) is 0 Å². The number of rotatable bonds is 5. The van der Waals surface area contributed by atoms with E-state index in [0.717, 1.165) is 28.3 Å². The molecule has 4 heteroatoms. The summed E-state index contributed by atoms with van der Waals surface area (Å²) in [6.07, 6.45) is 1.06. The van der Waals surface area contributed by atoms with Gasteiger partial charge in [0.1, 0.15) is 11.6 Å². The molecule has 2 atom stereocenters. The van der Waals surface area contributed by atoms with Gasteiger partial charge in [0.25, 0.3) is 0 Å². The fourth-order valence-electron chi connectivity index (χ4n) is 4.00. The molecule has 0 aromatic heterocycles. The highest BCUT2D eigenvalue weighted by Crippen LogP contribution is 2.61. The van der Waals surface area contributed by atoms with Gasteiger partial charge in [-0.25, -0.2) is 4.39 Å². The van der Waals surface area contributed by atoms with Gasteiger partial charge >= 0.3 is 5.97 Å². The second kappa shape index (κ2) is 6.79. The number of benzene rings is 3. The van der Waals surface area contributed by atoms with E-state index in [4.69, 9.17) is 0 Å². The van der Waals surface area contributed by atoms with E-state index in [9.17, 15) is 19.4 Å². The SMILES string of the molecule is Cc1ccc(C[C@@]2(C(=O)O)C[C@H]2c2cccc(-c3cc(O)cc(F)c3)c2)cc1. The Balaban J connectivity index is 1.64. The average Bonchev–Trinajstić information content (AvgIpc) is 3.39. The first-order chi connectivity index (χ1) is 13.4. The predicted molar refractivity (Wildman–Crippen MR) is 106 cm³/mol. The third-order valence-electron chi connectivity index (χ3n) is 5.65. The molecule has 0 heterocycles. The summed E-state index contributed by atoms with van der Waals surface area (Å²) in [4.78, 5) is 12.1. The number of hydrogen-bond donors (Lipinski definition) is 2. The van der Waals surface area contributed by atoms with E-state index < -0.39 is 17.2 Å². The van der Waals surface area contributed by atoms with Gasteiger partial charge < -0.3 is 10.2 Å². The third kappa shape index (κ3) is 3.38. The van der Waals surface area contributed by atoms with Crippen molar-refractivity contribution >= 4 is 5.97 Å². The molecule has 0 unspecified atom stereocenters. The molecule has 28 heavy (non-hydrogen) atoms. The van der Waals surface area contributed by atoms with Crippen LogP contribution in [0.1, 0.15) is 29.0 Å². The molecule has 0 radical (unpaired) electrons. The standard InChI is InChI=1S/C24H21FO3/c1-15-5-7-16(8-6-15)13-24(23(27)28)14-22(24)18-4-2-3-17(9-18)19-10-20(25)12-21(26)11-19/h2-12,22,26H,13-14H2,1H3,(H,27,28)/t22-,24+/m0/s1. The molecule has 0 spiro atoms. The molecule has 0 bridgehead atoms. The van der Waals surface area contributed by atoms with Crippen molar-refractivity contribution in [3.63, 3.8) is 0 Å². The van der Waals surface area contributed by atoms with Gasteiger partial charge in [-0.2, -0.15) is 0 Å². The first-order valence-electron chi connectivity index (χ1n) is 9.26. The zero-order chi connectivity index (χ0) is 19.9. The quantitative estimate of drug-likeness (QED) is 0.635. The lowest BCUT2D eigenvalue weighted by molar-refractivity contribution is -0.143. The third-order valence-corrected chi connectivity index (χ3v) is 5.65. The molecule has 0 saturated heterocycles. The summed E-state index contributed by atoms with van der Waals surface area (Å²) in [6.45, 7) is 2.01. The monoisotopic (exact) mass is 376 g/mol. The summed E-state index contributed by atoms with van der Waals surface area (Å²) in [5, 5.41) is 19.6. The van der Waals surface area contributed by atoms with Crippen LogP contribution >= 0.6 is 0 Å². The van der Waals surface area contributed by atoms with Gasteiger partial charge in [-0.3, -0.25) is 4.79 Å². The second-order valence-corrected chi connectivity index (χ2v) is 7.70. The topological polar surface area (TPSA) is 57.5 Å². The number of phenols is 1. The van der Waals surface area contributed by atoms with Crippen molar-refractivity contribution in [3.8, 4) is 16.9 Å². The van der Waals surface area contributed by atoms with Crippen LogP contribution in [0.3, 0.4) is 0 Å². The van der Waals surface area contributed by atoms with E-state index in [2.05, 4.69) is 0 Å². The highest BCUT2D eigenvalue weighted by Gasteiger charge is 2.60. The van der Waals surface area contributed by atoms with Gasteiger partial charge in [0.05, 0.1) is 5.41 Å². The Labute approximate surface area is 163 Å². The molecule has 3 aromatic carbocycles. The first kappa shape index (κ1) is 18.2. The Morgan fingerprint density at radius 2 is 1.82 bits per heavy atom. The van der Waals surface area contributed by atoms with Crippen LogP contribution in [-0.4, -0.2) is 16.2 Å². The van der Waals surface area contributed by atoms with E-state index in [1.807, 2.05) is 55.5 Å². The van der Waals surface area contributed by atoms with E-state index in [0.29, 0.717) is 18.4 Å². The summed E-state index contributed by atoms with van der Waals surface area (Å²) in [6, 6.07) is 19.4. The minimum Gasteiger partial charge on any atom is -0.508 e. The number of carboxylic acid groups (broad SMARTS) is 1. The molecule has 4 rings (SSSR count). The molecule has 3 nitrogen and oxygen atoms in total. The van der Waals surface area contributed by atoms with Crippen LogP contribution in [0.15, 0.2) is 66.7 Å². The first-order valence-corrected chi connectivity index (χ1v) is 9.26. The van der Waals surface area contributed by atoms with Crippen LogP contribution in [-0.2, 0) is 11.2 Å². The molecule has 1 aliphatic carbocycles. The fraction of sp³-hybridized carbons (Fsp3) is 0.208. The van der Waals surface area contributed by atoms with E-state index >= 15 is 0 Å². The lowest BCUT2D eigenvalue weighted by Crippen LogP contribution is -2.20. The minimum absolute atomic E-state index is 0.0894. The Bertz CT molecular complexity index is 1020. The largest absolute Gasteiger partial charge is 0.508 e. The van der Waals surface area contributed by atoms with Crippen LogP contribution in [0.25, 0.3) is 11.1 Å². The lowest BCUT2D eigenvalue weighted by Gasteiger charge is -2.14. The summed E-state index contributed by atoms with van der Waals surface area (Å²) < 4.78 is 13.6. The summed E-state index contributed by atoms with van der Waals surface area (Å²) in [5.74, 6) is -1.52. The molecule has 3 aromatic rings. The van der Waals surface area contributed by atoms with E-state index in [-0.39, 0.29) is 11.7 Å². The van der Waals surface area contributed by atoms with Crippen LogP contribution in [0.5, 0.6) is 5.75 Å². The van der Waals surface area contributed by atoms with Gasteiger partial charge in [-0.15, -0.1) is 0 Å². The van der Waals surface area contributed by atoms with Gasteiger partial charge in [-0.1, -0.05) is 54.1 Å². The maximum Gasteiger partial charge on any atom is 0.310 e. The lowest BCUT2D eigenvalue weighted by atomic mass is 9.90. The van der Waals surface area contributed by atoms with Gasteiger partial charge in [0, 0.05) is 12.0 Å². The zero-order valence-electron chi connectivity index (χ0n) is 15.5. The Morgan fingerprint density at radius 3 is 2.50 bits per heavy atom. The number of aliphatic carboxylic acids is 1. The van der Waals surface area contributed by atoms with Crippen LogP contribution in [0.4, 0.5) is 4.39 Å². The number of carboxylic acids is 1. The zero-order valence-corrected chi connectivity index (χ0v) is 15.5. The molecular formula is C24H21FO3. The maximum atomic E-state index is 13.6. The van der Waals surface area contributed by atoms with Crippen molar-refractivity contribution in [1.82, 2.24) is 0 Å². The second-order valence-electron chi connectivity index (χ2n) is 7.70. The summed E-state index contributed by atoms with van der Waals surface area (Å²) >= 11 is 0. The van der Waals surface area contributed by atoms with E-state index in [1.54, 1.807) is 0 Å². The van der Waals surface area contributed by atoms with Crippen LogP contribution in [0.2, 0.25) is 0 Å². The number of halogens is 1. The summed E-state index contributed by atoms with van der Waals surface area (Å²) in [7, 11) is 0. The van der Waals surface area contributed by atoms with Crippen molar-refractivity contribution < 1.29 is 19.4 Å². The van der Waals surface area contributed by atoms with E-state index in [1.165, 1.54) is 12.1 Å². The average molecular weight is 376 g/mol. The van der Waals surface area contributed by atoms with Crippen molar-refractivity contribution in [3.05, 3.63) is 89.2 Å². The molecule has 1 fully saturated rings. The summed E-state index contributed by atoms with van der Waals surface area (Å²) in [5.41, 5.74) is 3.61. The molecule has 142 valence electrons. The number of carbonyl (C=O) groups is 1.